The molecule has 48 heavy (non-hydrogen) atoms. The molecule has 0 saturated carbocycles. The average molecular weight is 634 g/mol. The molecule has 0 aliphatic carbocycles. The summed E-state index contributed by atoms with van der Waals surface area (Å²) in [5.74, 6) is 0. The molecule has 11 aromatic rings. The molecular weight excluding hydrogens is 611 g/mol. The van der Waals surface area contributed by atoms with Crippen LogP contribution in [0.5, 0.6) is 0 Å². The Hall–Kier alpha value is -6.17. The van der Waals surface area contributed by atoms with E-state index in [1.165, 1.54) is 5.56 Å². The van der Waals surface area contributed by atoms with Gasteiger partial charge in [-0.05, 0) is 65.7 Å². The second kappa shape index (κ2) is 9.44. The van der Waals surface area contributed by atoms with E-state index in [1.807, 2.05) is 42.5 Å². The molecule has 0 saturated heterocycles. The Kier molecular flexibility index (Phi) is 5.11. The lowest BCUT2D eigenvalue weighted by Crippen LogP contribution is -2.00. The molecule has 0 atom stereocenters. The second-order valence-electron chi connectivity index (χ2n) is 12.4. The minimum absolute atomic E-state index is 0.0555. The number of aromatic nitrogens is 1. The summed E-state index contributed by atoms with van der Waals surface area (Å²) in [5, 5.41) is 7.89. The van der Waals surface area contributed by atoms with Crippen LogP contribution in [-0.2, 0) is 0 Å². The Morgan fingerprint density at radius 1 is 0.438 bits per heavy atom. The minimum Gasteiger partial charge on any atom is -0.456 e. The summed E-state index contributed by atoms with van der Waals surface area (Å²) in [6.07, 6.45) is 0. The lowest BCUT2D eigenvalue weighted by atomic mass is 10.0. The predicted molar refractivity (Wildman–Crippen MR) is 200 cm³/mol. The molecule has 0 radical (unpaired) electrons. The Labute approximate surface area is 276 Å². The smallest absolute Gasteiger partial charge is 0.195 e. The third-order valence-electron chi connectivity index (χ3n) is 9.79. The van der Waals surface area contributed by atoms with Crippen molar-refractivity contribution < 1.29 is 8.83 Å². The molecule has 0 unspecified atom stereocenters. The molecule has 0 fully saturated rings. The molecule has 0 amide bonds. The van der Waals surface area contributed by atoms with Crippen LogP contribution in [0.4, 0.5) is 0 Å². The molecule has 5 heteroatoms. The van der Waals surface area contributed by atoms with E-state index < -0.39 is 0 Å². The van der Waals surface area contributed by atoms with Crippen LogP contribution >= 0.6 is 11.3 Å². The Morgan fingerprint density at radius 3 is 2.08 bits per heavy atom. The van der Waals surface area contributed by atoms with Crippen LogP contribution in [0.2, 0.25) is 0 Å². The van der Waals surface area contributed by atoms with Crippen LogP contribution in [0.15, 0.2) is 153 Å². The maximum Gasteiger partial charge on any atom is 0.195 e. The van der Waals surface area contributed by atoms with Crippen LogP contribution in [0.25, 0.3) is 103 Å². The highest BCUT2D eigenvalue weighted by atomic mass is 32.1. The molecule has 4 aromatic heterocycles. The first-order chi connectivity index (χ1) is 23.7. The molecule has 4 heterocycles. The molecule has 0 aliphatic rings. The Morgan fingerprint density at radius 2 is 1.17 bits per heavy atom. The van der Waals surface area contributed by atoms with Crippen molar-refractivity contribution in [3.63, 3.8) is 0 Å². The average Bonchev–Trinajstić information content (AvgIpc) is 3.79. The standard InChI is InChI=1S/C43H23NO3S/c45-42-28-12-5-7-16-40(28)48-41-23-39-31(21-33(41)42)27-13-8-15-35(43(27)47-39)44-34-14-6-4-11-26(34)29-20-32-30-19-25(24-9-2-1-3-10-24)17-18-37(30)46-38(32)22-36(29)44/h1-23H. The van der Waals surface area contributed by atoms with E-state index in [0.29, 0.717) is 0 Å². The van der Waals surface area contributed by atoms with Crippen molar-refractivity contribution in [2.75, 3.05) is 0 Å². The molecule has 7 aromatic carbocycles. The molecule has 0 spiro atoms. The van der Waals surface area contributed by atoms with Gasteiger partial charge in [-0.25, -0.2) is 0 Å². The molecule has 0 aliphatic heterocycles. The molecule has 11 rings (SSSR count). The predicted octanol–water partition coefficient (Wildman–Crippen LogP) is 12.0. The van der Waals surface area contributed by atoms with Gasteiger partial charge in [-0.2, -0.15) is 0 Å². The highest BCUT2D eigenvalue weighted by Gasteiger charge is 2.21. The van der Waals surface area contributed by atoms with Crippen molar-refractivity contribution >= 4 is 97.2 Å². The number of hydrogen-bond acceptors (Lipinski definition) is 4. The van der Waals surface area contributed by atoms with Crippen molar-refractivity contribution in [2.24, 2.45) is 0 Å². The Bertz CT molecular complexity index is 3200. The maximum atomic E-state index is 13.6. The molecule has 4 nitrogen and oxygen atoms in total. The zero-order valence-corrected chi connectivity index (χ0v) is 26.2. The maximum absolute atomic E-state index is 13.6. The third kappa shape index (κ3) is 3.51. The molecular formula is C43H23NO3S. The van der Waals surface area contributed by atoms with Gasteiger partial charge < -0.3 is 13.4 Å². The van der Waals surface area contributed by atoms with Crippen molar-refractivity contribution in [1.82, 2.24) is 4.57 Å². The number of para-hydroxylation sites is 2. The van der Waals surface area contributed by atoms with Gasteiger partial charge >= 0.3 is 0 Å². The summed E-state index contributed by atoms with van der Waals surface area (Å²) in [6, 6.07) is 48.0. The van der Waals surface area contributed by atoms with Crippen molar-refractivity contribution in [2.45, 2.75) is 0 Å². The molecule has 224 valence electrons. The van der Waals surface area contributed by atoms with E-state index in [1.54, 1.807) is 11.3 Å². The molecule has 0 N–H and O–H groups in total. The zero-order chi connectivity index (χ0) is 31.5. The molecule has 0 bridgehead atoms. The number of rotatable bonds is 2. The van der Waals surface area contributed by atoms with Crippen LogP contribution < -0.4 is 5.43 Å². The first-order valence-corrected chi connectivity index (χ1v) is 16.8. The van der Waals surface area contributed by atoms with Gasteiger partial charge in [0.05, 0.1) is 16.7 Å². The van der Waals surface area contributed by atoms with Crippen LogP contribution in [-0.4, -0.2) is 4.57 Å². The zero-order valence-electron chi connectivity index (χ0n) is 25.4. The Balaban J connectivity index is 1.19. The monoisotopic (exact) mass is 633 g/mol. The SMILES string of the molecule is O=c1c2ccccc2sc2cc3oc4c(-n5c6ccccc6c6cc7c(cc65)oc5ccc(-c6ccccc6)cc57)cccc4c3cc12. The quantitative estimate of drug-likeness (QED) is 0.178. The van der Waals surface area contributed by atoms with E-state index in [4.69, 9.17) is 8.83 Å². The third-order valence-corrected chi connectivity index (χ3v) is 10.9. The van der Waals surface area contributed by atoms with Gasteiger partial charge in [-0.3, -0.25) is 4.79 Å². The van der Waals surface area contributed by atoms with E-state index in [9.17, 15) is 4.79 Å². The lowest BCUT2D eigenvalue weighted by Gasteiger charge is -2.08. The van der Waals surface area contributed by atoms with Gasteiger partial charge in [0, 0.05) is 58.6 Å². The van der Waals surface area contributed by atoms with E-state index in [0.717, 1.165) is 97.1 Å². The van der Waals surface area contributed by atoms with E-state index in [-0.39, 0.29) is 5.43 Å². The number of benzene rings is 7. The van der Waals surface area contributed by atoms with Gasteiger partial charge in [0.2, 0.25) is 0 Å². The van der Waals surface area contributed by atoms with Gasteiger partial charge in [-0.1, -0.05) is 78.9 Å². The van der Waals surface area contributed by atoms with E-state index in [2.05, 4.69) is 102 Å². The first kappa shape index (κ1) is 26.0. The summed E-state index contributed by atoms with van der Waals surface area (Å²) in [5.41, 5.74) is 8.72. The van der Waals surface area contributed by atoms with Gasteiger partial charge in [0.1, 0.15) is 16.7 Å². The first-order valence-electron chi connectivity index (χ1n) is 16.0. The normalized spacial score (nSPS) is 12.2. The van der Waals surface area contributed by atoms with Crippen molar-refractivity contribution in [1.29, 1.82) is 0 Å². The second-order valence-corrected chi connectivity index (χ2v) is 13.5. The number of nitrogens with zero attached hydrogens (tertiary/aromatic N) is 1. The summed E-state index contributed by atoms with van der Waals surface area (Å²) in [6.45, 7) is 0. The van der Waals surface area contributed by atoms with E-state index >= 15 is 0 Å². The number of fused-ring (bicyclic) bond motifs is 11. The van der Waals surface area contributed by atoms with Gasteiger partial charge in [-0.15, -0.1) is 11.3 Å². The summed E-state index contributed by atoms with van der Waals surface area (Å²) >= 11 is 1.62. The summed E-state index contributed by atoms with van der Waals surface area (Å²) < 4.78 is 17.4. The fourth-order valence-corrected chi connectivity index (χ4v) is 8.65. The van der Waals surface area contributed by atoms with Crippen LogP contribution in [0, 0.1) is 0 Å². The summed E-state index contributed by atoms with van der Waals surface area (Å²) in [4.78, 5) is 13.6. The van der Waals surface area contributed by atoms with Gasteiger partial charge in [0.15, 0.2) is 11.0 Å². The largest absolute Gasteiger partial charge is 0.456 e. The van der Waals surface area contributed by atoms with Crippen molar-refractivity contribution in [3.8, 4) is 16.8 Å². The highest BCUT2D eigenvalue weighted by molar-refractivity contribution is 7.24. The summed E-state index contributed by atoms with van der Waals surface area (Å²) in [7, 11) is 0. The van der Waals surface area contributed by atoms with Crippen molar-refractivity contribution in [3.05, 3.63) is 150 Å². The van der Waals surface area contributed by atoms with Gasteiger partial charge in [0.25, 0.3) is 0 Å². The topological polar surface area (TPSA) is 48.3 Å². The fraction of sp³-hybridized carbons (Fsp3) is 0. The highest BCUT2D eigenvalue weighted by Crippen LogP contribution is 2.42. The fourth-order valence-electron chi connectivity index (χ4n) is 7.56. The number of hydrogen-bond donors (Lipinski definition) is 0. The lowest BCUT2D eigenvalue weighted by molar-refractivity contribution is 0.666. The minimum atomic E-state index is 0.0555. The number of furan rings is 2. The van der Waals surface area contributed by atoms with Crippen LogP contribution in [0.1, 0.15) is 0 Å². The van der Waals surface area contributed by atoms with Crippen LogP contribution in [0.3, 0.4) is 0 Å².